The summed E-state index contributed by atoms with van der Waals surface area (Å²) in [5.74, 6) is -2.46. The fourth-order valence-electron chi connectivity index (χ4n) is 3.49. The molecule has 4 rings (SSSR count). The topological polar surface area (TPSA) is 66.5 Å². The Hall–Kier alpha value is -2.97. The molecule has 1 aliphatic rings. The number of hydrogen-bond acceptors (Lipinski definition) is 3. The van der Waals surface area contributed by atoms with Gasteiger partial charge in [-0.25, -0.2) is 17.2 Å². The number of nitrogens with zero attached hydrogens (tertiary/aromatic N) is 1. The van der Waals surface area contributed by atoms with Crippen molar-refractivity contribution in [2.75, 3.05) is 16.2 Å². The molecular weight excluding hydrogens is 446 g/mol. The van der Waals surface area contributed by atoms with Crippen molar-refractivity contribution < 1.29 is 22.0 Å². The van der Waals surface area contributed by atoms with Crippen LogP contribution in [0.2, 0.25) is 5.02 Å². The van der Waals surface area contributed by atoms with Crippen LogP contribution in [0.4, 0.5) is 20.2 Å². The maximum atomic E-state index is 13.8. The predicted octanol–water partition coefficient (Wildman–Crippen LogP) is 5.01. The van der Waals surface area contributed by atoms with Gasteiger partial charge in [0.05, 0.1) is 10.6 Å². The highest BCUT2D eigenvalue weighted by Crippen LogP contribution is 2.33. The standard InChI is InChI=1S/C22H17ClF2N2O3S/c23-16-7-9-17(10-8-16)31(29,30)27-12-2-3-14-13-15(6-11-20(14)27)22(28)26-21-18(24)4-1-5-19(21)25/h1,4-11,13H,2-3,12H2,(H,26,28). The van der Waals surface area contributed by atoms with Crippen LogP contribution in [0.15, 0.2) is 65.6 Å². The molecule has 0 saturated carbocycles. The average molecular weight is 463 g/mol. The molecule has 1 amide bonds. The number of halogens is 3. The van der Waals surface area contributed by atoms with Crippen molar-refractivity contribution >= 4 is 38.9 Å². The molecule has 1 N–H and O–H groups in total. The Labute approximate surface area is 183 Å². The monoisotopic (exact) mass is 462 g/mol. The number of rotatable bonds is 4. The lowest BCUT2D eigenvalue weighted by Gasteiger charge is -2.30. The maximum absolute atomic E-state index is 13.8. The van der Waals surface area contributed by atoms with Gasteiger partial charge >= 0.3 is 0 Å². The first-order valence-electron chi connectivity index (χ1n) is 9.44. The van der Waals surface area contributed by atoms with Crippen molar-refractivity contribution in [2.45, 2.75) is 17.7 Å². The number of sulfonamides is 1. The number of nitrogens with one attached hydrogen (secondary N) is 1. The molecule has 3 aromatic rings. The van der Waals surface area contributed by atoms with Crippen LogP contribution < -0.4 is 9.62 Å². The van der Waals surface area contributed by atoms with Gasteiger partial charge in [-0.05, 0) is 73.0 Å². The van der Waals surface area contributed by atoms with Crippen LogP contribution in [0, 0.1) is 11.6 Å². The van der Waals surface area contributed by atoms with E-state index in [9.17, 15) is 22.0 Å². The van der Waals surface area contributed by atoms with Crippen molar-refractivity contribution in [3.8, 4) is 0 Å². The molecule has 3 aromatic carbocycles. The summed E-state index contributed by atoms with van der Waals surface area (Å²) in [6.45, 7) is 0.296. The second kappa shape index (κ2) is 8.28. The second-order valence-electron chi connectivity index (χ2n) is 7.03. The van der Waals surface area contributed by atoms with Gasteiger partial charge in [0, 0.05) is 17.1 Å². The fourth-order valence-corrected chi connectivity index (χ4v) is 5.16. The summed E-state index contributed by atoms with van der Waals surface area (Å²) in [7, 11) is -3.81. The Kier molecular flexibility index (Phi) is 5.68. The summed E-state index contributed by atoms with van der Waals surface area (Å²) >= 11 is 5.86. The van der Waals surface area contributed by atoms with Crippen molar-refractivity contribution in [3.63, 3.8) is 0 Å². The first-order chi connectivity index (χ1) is 14.8. The molecule has 0 spiro atoms. The van der Waals surface area contributed by atoms with Crippen LogP contribution in [0.3, 0.4) is 0 Å². The van der Waals surface area contributed by atoms with Crippen LogP contribution in [0.25, 0.3) is 0 Å². The zero-order valence-corrected chi connectivity index (χ0v) is 17.7. The van der Waals surface area contributed by atoms with E-state index in [0.29, 0.717) is 35.7 Å². The lowest BCUT2D eigenvalue weighted by atomic mass is 10.0. The number of carbonyl (C=O) groups excluding carboxylic acids is 1. The smallest absolute Gasteiger partial charge is 0.264 e. The number of aryl methyl sites for hydroxylation is 1. The van der Waals surface area contributed by atoms with E-state index in [2.05, 4.69) is 5.32 Å². The van der Waals surface area contributed by atoms with Gasteiger partial charge in [-0.1, -0.05) is 17.7 Å². The summed E-state index contributed by atoms with van der Waals surface area (Å²) in [5, 5.41) is 2.67. The Morgan fingerprint density at radius 1 is 1.00 bits per heavy atom. The van der Waals surface area contributed by atoms with E-state index in [1.807, 2.05) is 0 Å². The molecule has 0 aliphatic carbocycles. The highest BCUT2D eigenvalue weighted by atomic mass is 35.5. The third kappa shape index (κ3) is 4.13. The molecule has 160 valence electrons. The molecule has 0 radical (unpaired) electrons. The van der Waals surface area contributed by atoms with Crippen molar-refractivity contribution in [1.29, 1.82) is 0 Å². The minimum Gasteiger partial charge on any atom is -0.317 e. The summed E-state index contributed by atoms with van der Waals surface area (Å²) in [6.07, 6.45) is 1.13. The Balaban J connectivity index is 1.64. The second-order valence-corrected chi connectivity index (χ2v) is 9.33. The van der Waals surface area contributed by atoms with E-state index in [0.717, 1.165) is 12.1 Å². The molecule has 0 bridgehead atoms. The van der Waals surface area contributed by atoms with Crippen LogP contribution >= 0.6 is 11.6 Å². The van der Waals surface area contributed by atoms with Gasteiger partial charge in [0.15, 0.2) is 0 Å². The van der Waals surface area contributed by atoms with E-state index in [1.165, 1.54) is 46.8 Å². The molecule has 0 atom stereocenters. The van der Waals surface area contributed by atoms with Crippen molar-refractivity contribution in [1.82, 2.24) is 0 Å². The molecular formula is C22H17ClF2N2O3S. The Morgan fingerprint density at radius 3 is 2.35 bits per heavy atom. The van der Waals surface area contributed by atoms with E-state index >= 15 is 0 Å². The van der Waals surface area contributed by atoms with E-state index in [1.54, 1.807) is 6.07 Å². The zero-order valence-electron chi connectivity index (χ0n) is 16.1. The molecule has 0 aromatic heterocycles. The molecule has 5 nitrogen and oxygen atoms in total. The fraction of sp³-hybridized carbons (Fsp3) is 0.136. The van der Waals surface area contributed by atoms with E-state index < -0.39 is 33.3 Å². The number of amides is 1. The van der Waals surface area contributed by atoms with Gasteiger partial charge in [-0.3, -0.25) is 9.10 Å². The highest BCUT2D eigenvalue weighted by molar-refractivity contribution is 7.92. The van der Waals surface area contributed by atoms with Crippen LogP contribution in [0.5, 0.6) is 0 Å². The Bertz CT molecular complexity index is 1240. The van der Waals surface area contributed by atoms with Gasteiger partial charge in [-0.2, -0.15) is 0 Å². The largest absolute Gasteiger partial charge is 0.317 e. The van der Waals surface area contributed by atoms with Crippen LogP contribution in [-0.4, -0.2) is 20.9 Å². The predicted molar refractivity (Wildman–Crippen MR) is 115 cm³/mol. The SMILES string of the molecule is O=C(Nc1c(F)cccc1F)c1ccc2c(c1)CCCN2S(=O)(=O)c1ccc(Cl)cc1. The minimum atomic E-state index is -3.81. The number of hydrogen-bond donors (Lipinski definition) is 1. The summed E-state index contributed by atoms with van der Waals surface area (Å²) in [4.78, 5) is 12.7. The molecule has 0 unspecified atom stereocenters. The van der Waals surface area contributed by atoms with Crippen molar-refractivity contribution in [2.24, 2.45) is 0 Å². The van der Waals surface area contributed by atoms with Gasteiger partial charge < -0.3 is 5.32 Å². The number of para-hydroxylation sites is 1. The van der Waals surface area contributed by atoms with Gasteiger partial charge in [0.1, 0.15) is 17.3 Å². The highest BCUT2D eigenvalue weighted by Gasteiger charge is 2.29. The summed E-state index contributed by atoms with van der Waals surface area (Å²) in [6, 6.07) is 13.7. The molecule has 9 heteroatoms. The molecule has 0 fully saturated rings. The number of carbonyl (C=O) groups is 1. The molecule has 1 aliphatic heterocycles. The number of fused-ring (bicyclic) bond motifs is 1. The molecule has 0 saturated heterocycles. The lowest BCUT2D eigenvalue weighted by Crippen LogP contribution is -2.35. The quantitative estimate of drug-likeness (QED) is 0.592. The van der Waals surface area contributed by atoms with Crippen molar-refractivity contribution in [3.05, 3.63) is 88.4 Å². The minimum absolute atomic E-state index is 0.113. The maximum Gasteiger partial charge on any atom is 0.264 e. The zero-order chi connectivity index (χ0) is 22.2. The van der Waals surface area contributed by atoms with E-state index in [-0.39, 0.29) is 10.5 Å². The number of benzene rings is 3. The lowest BCUT2D eigenvalue weighted by molar-refractivity contribution is 0.102. The third-order valence-corrected chi connectivity index (χ3v) is 7.10. The van der Waals surface area contributed by atoms with Gasteiger partial charge in [0.2, 0.25) is 0 Å². The average Bonchev–Trinajstić information content (AvgIpc) is 2.75. The normalized spacial score (nSPS) is 13.6. The number of anilines is 2. The van der Waals surface area contributed by atoms with E-state index in [4.69, 9.17) is 11.6 Å². The Morgan fingerprint density at radius 2 is 1.68 bits per heavy atom. The molecule has 1 heterocycles. The van der Waals surface area contributed by atoms with Crippen LogP contribution in [0.1, 0.15) is 22.3 Å². The van der Waals surface area contributed by atoms with Gasteiger partial charge in [-0.15, -0.1) is 0 Å². The first-order valence-corrected chi connectivity index (χ1v) is 11.3. The van der Waals surface area contributed by atoms with Gasteiger partial charge in [0.25, 0.3) is 15.9 Å². The van der Waals surface area contributed by atoms with Crippen LogP contribution in [-0.2, 0) is 16.4 Å². The third-order valence-electron chi connectivity index (χ3n) is 5.02. The first kappa shape index (κ1) is 21.3. The summed E-state index contributed by atoms with van der Waals surface area (Å²) in [5.41, 5.74) is 0.768. The summed E-state index contributed by atoms with van der Waals surface area (Å²) < 4.78 is 55.2. The molecule has 31 heavy (non-hydrogen) atoms.